The highest BCUT2D eigenvalue weighted by molar-refractivity contribution is 7.00. The summed E-state index contributed by atoms with van der Waals surface area (Å²) in [5.41, 5.74) is 17.3. The molecule has 0 amide bonds. The predicted octanol–water partition coefficient (Wildman–Crippen LogP) is 9.41. The molecule has 0 saturated heterocycles. The third kappa shape index (κ3) is 4.05. The van der Waals surface area contributed by atoms with Crippen molar-refractivity contribution in [2.45, 2.75) is 6.92 Å². The number of nitrogens with zero attached hydrogens (tertiary/aromatic N) is 2. The molecule has 2 aliphatic rings. The zero-order valence-corrected chi connectivity index (χ0v) is 25.6. The number of para-hydroxylation sites is 4. The van der Waals surface area contributed by atoms with Gasteiger partial charge >= 0.3 is 0 Å². The molecular formula is C43H31BN2. The Morgan fingerprint density at radius 1 is 0.413 bits per heavy atom. The van der Waals surface area contributed by atoms with Crippen molar-refractivity contribution in [3.05, 3.63) is 175 Å². The first-order valence-corrected chi connectivity index (χ1v) is 16.0. The number of hydrogen-bond acceptors (Lipinski definition) is 2. The number of anilines is 6. The number of rotatable bonds is 4. The molecule has 0 atom stereocenters. The van der Waals surface area contributed by atoms with Gasteiger partial charge in [0.25, 0.3) is 6.71 Å². The number of hydrogen-bond donors (Lipinski definition) is 0. The summed E-state index contributed by atoms with van der Waals surface area (Å²) >= 11 is 0. The van der Waals surface area contributed by atoms with Crippen LogP contribution >= 0.6 is 0 Å². The van der Waals surface area contributed by atoms with Crippen molar-refractivity contribution in [2.75, 3.05) is 9.80 Å². The molecule has 7 aromatic carbocycles. The van der Waals surface area contributed by atoms with Gasteiger partial charge in [0.2, 0.25) is 0 Å². The first-order valence-electron chi connectivity index (χ1n) is 16.0. The fraction of sp³-hybridized carbons (Fsp3) is 0.0233. The zero-order chi connectivity index (χ0) is 30.6. The zero-order valence-electron chi connectivity index (χ0n) is 25.6. The quantitative estimate of drug-likeness (QED) is 0.190. The van der Waals surface area contributed by atoms with Gasteiger partial charge in [-0.05, 0) is 76.4 Å². The van der Waals surface area contributed by atoms with E-state index in [-0.39, 0.29) is 6.71 Å². The fourth-order valence-corrected chi connectivity index (χ4v) is 7.62. The normalized spacial score (nSPS) is 12.8. The van der Waals surface area contributed by atoms with Gasteiger partial charge in [-0.3, -0.25) is 0 Å². The van der Waals surface area contributed by atoms with E-state index in [1.165, 1.54) is 78.3 Å². The maximum absolute atomic E-state index is 2.55. The molecule has 9 rings (SSSR count). The summed E-state index contributed by atoms with van der Waals surface area (Å²) in [4.78, 5) is 5.02. The lowest BCUT2D eigenvalue weighted by Gasteiger charge is -2.45. The van der Waals surface area contributed by atoms with E-state index < -0.39 is 0 Å². The van der Waals surface area contributed by atoms with Gasteiger partial charge in [0.05, 0.1) is 5.69 Å². The number of aryl methyl sites for hydroxylation is 1. The van der Waals surface area contributed by atoms with Crippen molar-refractivity contribution in [3.8, 4) is 22.3 Å². The Balaban J connectivity index is 1.41. The minimum absolute atomic E-state index is 0.110. The minimum atomic E-state index is 0.110. The number of fused-ring (bicyclic) bond motifs is 4. The van der Waals surface area contributed by atoms with Crippen LogP contribution in [0.15, 0.2) is 170 Å². The van der Waals surface area contributed by atoms with Gasteiger partial charge in [0.15, 0.2) is 0 Å². The lowest BCUT2D eigenvalue weighted by molar-refractivity contribution is 1.24. The molecule has 7 aromatic rings. The topological polar surface area (TPSA) is 6.48 Å². The summed E-state index contributed by atoms with van der Waals surface area (Å²) in [6.45, 7) is 2.34. The second-order valence-corrected chi connectivity index (χ2v) is 12.2. The Bertz CT molecular complexity index is 2170. The molecule has 0 radical (unpaired) electrons. The molecule has 216 valence electrons. The van der Waals surface area contributed by atoms with Gasteiger partial charge in [-0.25, -0.2) is 0 Å². The van der Waals surface area contributed by atoms with Crippen LogP contribution in [0.3, 0.4) is 0 Å². The second kappa shape index (κ2) is 10.7. The van der Waals surface area contributed by atoms with E-state index in [9.17, 15) is 0 Å². The van der Waals surface area contributed by atoms with Crippen LogP contribution in [0.4, 0.5) is 34.1 Å². The van der Waals surface area contributed by atoms with Crippen LogP contribution in [0.5, 0.6) is 0 Å². The van der Waals surface area contributed by atoms with Crippen molar-refractivity contribution in [2.24, 2.45) is 0 Å². The highest BCUT2D eigenvalue weighted by Gasteiger charge is 2.43. The van der Waals surface area contributed by atoms with E-state index in [0.29, 0.717) is 0 Å². The monoisotopic (exact) mass is 586 g/mol. The van der Waals surface area contributed by atoms with Gasteiger partial charge in [-0.15, -0.1) is 0 Å². The third-order valence-electron chi connectivity index (χ3n) is 9.47. The van der Waals surface area contributed by atoms with E-state index in [1.54, 1.807) is 0 Å². The molecular weight excluding hydrogens is 555 g/mol. The molecule has 0 aromatic heterocycles. The molecule has 0 fully saturated rings. The third-order valence-corrected chi connectivity index (χ3v) is 9.47. The summed E-state index contributed by atoms with van der Waals surface area (Å²) in [7, 11) is 0. The standard InChI is InChI=1S/C43H31BN2/c1-30-28-40-42-41(29-30)46(43-34(31-16-5-2-6-17-31)22-15-23-35(43)32-18-7-3-8-19-32)39-27-14-12-25-37(39)44(42)36-24-11-13-26-38(36)45(40)33-20-9-4-10-21-33/h2-29H,1H3. The number of benzene rings is 7. The summed E-state index contributed by atoms with van der Waals surface area (Å²) in [5, 5.41) is 0. The lowest BCUT2D eigenvalue weighted by Crippen LogP contribution is -2.61. The molecule has 0 N–H and O–H groups in total. The van der Waals surface area contributed by atoms with E-state index >= 15 is 0 Å². The summed E-state index contributed by atoms with van der Waals surface area (Å²) in [6, 6.07) is 62.0. The van der Waals surface area contributed by atoms with Crippen LogP contribution in [-0.4, -0.2) is 6.71 Å². The van der Waals surface area contributed by atoms with Crippen LogP contribution in [0.2, 0.25) is 0 Å². The summed E-state index contributed by atoms with van der Waals surface area (Å²) in [5.74, 6) is 0. The maximum atomic E-state index is 2.55. The Morgan fingerprint density at radius 3 is 1.43 bits per heavy atom. The van der Waals surface area contributed by atoms with Crippen molar-refractivity contribution >= 4 is 57.2 Å². The van der Waals surface area contributed by atoms with Crippen LogP contribution in [0, 0.1) is 6.92 Å². The smallest absolute Gasteiger partial charge is 0.252 e. The van der Waals surface area contributed by atoms with Gasteiger partial charge in [0, 0.05) is 39.6 Å². The van der Waals surface area contributed by atoms with Crippen molar-refractivity contribution < 1.29 is 0 Å². The fourth-order valence-electron chi connectivity index (χ4n) is 7.62. The molecule has 46 heavy (non-hydrogen) atoms. The van der Waals surface area contributed by atoms with E-state index in [1.807, 2.05) is 0 Å². The average Bonchev–Trinajstić information content (AvgIpc) is 3.12. The molecule has 3 heteroatoms. The van der Waals surface area contributed by atoms with E-state index in [4.69, 9.17) is 0 Å². The summed E-state index contributed by atoms with van der Waals surface area (Å²) in [6.07, 6.45) is 0. The largest absolute Gasteiger partial charge is 0.311 e. The van der Waals surface area contributed by atoms with E-state index in [0.717, 1.165) is 0 Å². The first kappa shape index (κ1) is 26.6. The Hall–Kier alpha value is -5.80. The van der Waals surface area contributed by atoms with Crippen LogP contribution in [-0.2, 0) is 0 Å². The Labute approximate surface area is 270 Å². The van der Waals surface area contributed by atoms with Gasteiger partial charge in [-0.1, -0.05) is 133 Å². The summed E-state index contributed by atoms with van der Waals surface area (Å²) < 4.78 is 0. The Kier molecular flexibility index (Phi) is 6.17. The minimum Gasteiger partial charge on any atom is -0.311 e. The van der Waals surface area contributed by atoms with Crippen LogP contribution < -0.4 is 26.2 Å². The molecule has 0 spiro atoms. The maximum Gasteiger partial charge on any atom is 0.252 e. The Morgan fingerprint density at radius 2 is 0.870 bits per heavy atom. The van der Waals surface area contributed by atoms with Crippen LogP contribution in [0.25, 0.3) is 22.3 Å². The molecule has 2 aliphatic heterocycles. The molecule has 0 unspecified atom stereocenters. The van der Waals surface area contributed by atoms with Crippen LogP contribution in [0.1, 0.15) is 5.56 Å². The highest BCUT2D eigenvalue weighted by Crippen LogP contribution is 2.49. The van der Waals surface area contributed by atoms with Crippen molar-refractivity contribution in [1.29, 1.82) is 0 Å². The highest BCUT2D eigenvalue weighted by atomic mass is 15.2. The lowest BCUT2D eigenvalue weighted by atomic mass is 9.33. The first-order chi connectivity index (χ1) is 22.8. The van der Waals surface area contributed by atoms with Crippen molar-refractivity contribution in [3.63, 3.8) is 0 Å². The van der Waals surface area contributed by atoms with Gasteiger partial charge in [0.1, 0.15) is 0 Å². The van der Waals surface area contributed by atoms with Gasteiger partial charge < -0.3 is 9.80 Å². The predicted molar refractivity (Wildman–Crippen MR) is 196 cm³/mol. The molecule has 0 saturated carbocycles. The van der Waals surface area contributed by atoms with Gasteiger partial charge in [-0.2, -0.15) is 0 Å². The average molecular weight is 587 g/mol. The molecule has 2 nitrogen and oxygen atoms in total. The molecule has 0 bridgehead atoms. The SMILES string of the molecule is Cc1cc2c3c(c1)N(c1c(-c4ccccc4)cccc1-c1ccccc1)c1ccccc1B3c1ccccc1N2c1ccccc1. The van der Waals surface area contributed by atoms with E-state index in [2.05, 4.69) is 187 Å². The molecule has 0 aliphatic carbocycles. The van der Waals surface area contributed by atoms with Crippen molar-refractivity contribution in [1.82, 2.24) is 0 Å². The second-order valence-electron chi connectivity index (χ2n) is 12.2. The molecule has 2 heterocycles.